The zero-order chi connectivity index (χ0) is 10.2. The molecule has 0 aromatic heterocycles. The van der Waals surface area contributed by atoms with Crippen LogP contribution in [-0.2, 0) is 0 Å². The number of rotatable bonds is 4. The monoisotopic (exact) mass is 217 g/mol. The van der Waals surface area contributed by atoms with Crippen molar-refractivity contribution in [2.75, 3.05) is 19.4 Å². The van der Waals surface area contributed by atoms with Gasteiger partial charge in [-0.2, -0.15) is 11.8 Å². The molecule has 0 aromatic rings. The van der Waals surface area contributed by atoms with E-state index in [2.05, 4.69) is 12.4 Å². The summed E-state index contributed by atoms with van der Waals surface area (Å²) in [5.41, 5.74) is 0. The van der Waals surface area contributed by atoms with Gasteiger partial charge in [-0.25, -0.2) is 0 Å². The maximum Gasteiger partial charge on any atom is 0.0521 e. The first-order chi connectivity index (χ1) is 6.88. The topological polar surface area (TPSA) is 32.3 Å². The van der Waals surface area contributed by atoms with Crippen molar-refractivity contribution in [3.8, 4) is 0 Å². The van der Waals surface area contributed by atoms with Crippen molar-refractivity contribution in [3.63, 3.8) is 0 Å². The zero-order valence-electron chi connectivity index (χ0n) is 9.17. The summed E-state index contributed by atoms with van der Waals surface area (Å²) >= 11 is 1.94. The summed E-state index contributed by atoms with van der Waals surface area (Å²) in [7, 11) is 2.07. The quantitative estimate of drug-likeness (QED) is 0.755. The second-order valence-corrected chi connectivity index (χ2v) is 5.37. The van der Waals surface area contributed by atoms with Gasteiger partial charge >= 0.3 is 0 Å². The number of hydrogen-bond acceptors (Lipinski definition) is 3. The minimum Gasteiger partial charge on any atom is -0.396 e. The molecule has 1 aliphatic carbocycles. The summed E-state index contributed by atoms with van der Waals surface area (Å²) in [5.74, 6) is 0.892. The third kappa shape index (κ3) is 4.20. The fourth-order valence-corrected chi connectivity index (χ4v) is 3.43. The lowest BCUT2D eigenvalue weighted by atomic mass is 9.96. The number of aliphatic hydroxyl groups excluding tert-OH is 1. The molecule has 2 N–H and O–H groups in total. The average Bonchev–Trinajstić information content (AvgIpc) is 2.17. The largest absolute Gasteiger partial charge is 0.396 e. The van der Waals surface area contributed by atoms with E-state index in [9.17, 15) is 0 Å². The van der Waals surface area contributed by atoms with E-state index < -0.39 is 0 Å². The number of hydrogen-bond donors (Lipinski definition) is 2. The van der Waals surface area contributed by atoms with Crippen LogP contribution < -0.4 is 5.32 Å². The van der Waals surface area contributed by atoms with E-state index in [4.69, 9.17) is 5.11 Å². The molecule has 14 heavy (non-hydrogen) atoms. The van der Waals surface area contributed by atoms with Gasteiger partial charge in [0, 0.05) is 17.0 Å². The van der Waals surface area contributed by atoms with E-state index in [1.54, 1.807) is 0 Å². The highest BCUT2D eigenvalue weighted by Crippen LogP contribution is 2.26. The molecule has 84 valence electrons. The van der Waals surface area contributed by atoms with Crippen LogP contribution in [0.25, 0.3) is 0 Å². The average molecular weight is 217 g/mol. The lowest BCUT2D eigenvalue weighted by Crippen LogP contribution is -2.36. The maximum absolute atomic E-state index is 8.84. The minimum atomic E-state index is 0.317. The summed E-state index contributed by atoms with van der Waals surface area (Å²) in [6.07, 6.45) is 8.14. The smallest absolute Gasteiger partial charge is 0.0521 e. The molecule has 2 atom stereocenters. The third-order valence-electron chi connectivity index (χ3n) is 3.00. The van der Waals surface area contributed by atoms with Gasteiger partial charge in [-0.05, 0) is 19.9 Å². The third-order valence-corrected chi connectivity index (χ3v) is 4.41. The van der Waals surface area contributed by atoms with E-state index in [1.165, 1.54) is 38.5 Å². The Hall–Kier alpha value is 0.270. The summed E-state index contributed by atoms with van der Waals surface area (Å²) in [5, 5.41) is 13.0. The van der Waals surface area contributed by atoms with Gasteiger partial charge < -0.3 is 10.4 Å². The van der Waals surface area contributed by atoms with E-state index in [0.29, 0.717) is 17.9 Å². The first kappa shape index (κ1) is 12.3. The van der Waals surface area contributed by atoms with E-state index in [0.717, 1.165) is 5.75 Å². The van der Waals surface area contributed by atoms with Crippen LogP contribution >= 0.6 is 11.8 Å². The van der Waals surface area contributed by atoms with E-state index >= 15 is 0 Å². The van der Waals surface area contributed by atoms with Crippen molar-refractivity contribution in [2.24, 2.45) is 0 Å². The molecule has 2 nitrogen and oxygen atoms in total. The molecule has 2 unspecified atom stereocenters. The Morgan fingerprint density at radius 1 is 1.21 bits per heavy atom. The van der Waals surface area contributed by atoms with Crippen LogP contribution in [0.2, 0.25) is 0 Å². The van der Waals surface area contributed by atoms with Gasteiger partial charge in [0.2, 0.25) is 0 Å². The maximum atomic E-state index is 8.84. The summed E-state index contributed by atoms with van der Waals surface area (Å²) in [6, 6.07) is 0.659. The van der Waals surface area contributed by atoms with Crippen LogP contribution in [0.5, 0.6) is 0 Å². The van der Waals surface area contributed by atoms with Gasteiger partial charge in [0.1, 0.15) is 0 Å². The van der Waals surface area contributed by atoms with Crippen LogP contribution in [0, 0.1) is 0 Å². The molecule has 0 bridgehead atoms. The van der Waals surface area contributed by atoms with Gasteiger partial charge in [0.05, 0.1) is 6.61 Å². The van der Waals surface area contributed by atoms with E-state index in [-0.39, 0.29) is 0 Å². The number of thioether (sulfide) groups is 1. The molecule has 0 radical (unpaired) electrons. The van der Waals surface area contributed by atoms with Crippen LogP contribution in [0.15, 0.2) is 0 Å². The first-order valence-corrected chi connectivity index (χ1v) is 6.83. The Labute approximate surface area is 91.9 Å². The number of aliphatic hydroxyl groups is 1. The zero-order valence-corrected chi connectivity index (χ0v) is 9.98. The Balaban J connectivity index is 2.37. The van der Waals surface area contributed by atoms with Crippen molar-refractivity contribution in [3.05, 3.63) is 0 Å². The summed E-state index contributed by atoms with van der Waals surface area (Å²) in [4.78, 5) is 0. The van der Waals surface area contributed by atoms with Crippen molar-refractivity contribution >= 4 is 11.8 Å². The highest BCUT2D eigenvalue weighted by Gasteiger charge is 2.21. The van der Waals surface area contributed by atoms with Gasteiger partial charge in [0.15, 0.2) is 0 Å². The normalized spacial score (nSPS) is 29.6. The molecule has 0 amide bonds. The molecule has 0 aromatic carbocycles. The van der Waals surface area contributed by atoms with Crippen molar-refractivity contribution in [2.45, 2.75) is 49.8 Å². The fourth-order valence-electron chi connectivity index (χ4n) is 2.18. The molecule has 0 heterocycles. The van der Waals surface area contributed by atoms with E-state index in [1.807, 2.05) is 11.8 Å². The molecule has 1 aliphatic rings. The SMILES string of the molecule is CNC1CCCCCCC1SCCO. The summed E-state index contributed by atoms with van der Waals surface area (Å²) in [6.45, 7) is 0.317. The van der Waals surface area contributed by atoms with Crippen LogP contribution in [0.4, 0.5) is 0 Å². The van der Waals surface area contributed by atoms with Gasteiger partial charge in [-0.3, -0.25) is 0 Å². The van der Waals surface area contributed by atoms with Gasteiger partial charge in [-0.1, -0.05) is 25.7 Å². The minimum absolute atomic E-state index is 0.317. The second kappa shape index (κ2) is 7.55. The first-order valence-electron chi connectivity index (χ1n) is 5.78. The van der Waals surface area contributed by atoms with Crippen molar-refractivity contribution in [1.29, 1.82) is 0 Å². The van der Waals surface area contributed by atoms with Crippen molar-refractivity contribution in [1.82, 2.24) is 5.32 Å². The van der Waals surface area contributed by atoms with Crippen LogP contribution in [0.1, 0.15) is 38.5 Å². The second-order valence-electron chi connectivity index (χ2n) is 4.02. The Morgan fingerprint density at radius 2 is 1.93 bits per heavy atom. The van der Waals surface area contributed by atoms with Crippen molar-refractivity contribution < 1.29 is 5.11 Å². The molecule has 1 rings (SSSR count). The predicted octanol–water partition coefficient (Wildman–Crippen LogP) is 2.02. The Bertz CT molecular complexity index is 141. The molecule has 0 spiro atoms. The lowest BCUT2D eigenvalue weighted by Gasteiger charge is -2.28. The molecular formula is C11H23NOS. The molecular weight excluding hydrogens is 194 g/mol. The Morgan fingerprint density at radius 3 is 2.57 bits per heavy atom. The molecule has 1 fully saturated rings. The van der Waals surface area contributed by atoms with Crippen LogP contribution in [-0.4, -0.2) is 35.8 Å². The number of nitrogens with one attached hydrogen (secondary N) is 1. The highest BCUT2D eigenvalue weighted by molar-refractivity contribution is 7.99. The van der Waals surface area contributed by atoms with Gasteiger partial charge in [-0.15, -0.1) is 0 Å². The highest BCUT2D eigenvalue weighted by atomic mass is 32.2. The molecule has 1 saturated carbocycles. The molecule has 0 saturated heterocycles. The summed E-state index contributed by atoms with van der Waals surface area (Å²) < 4.78 is 0. The lowest BCUT2D eigenvalue weighted by molar-refractivity contribution is 0.322. The fraction of sp³-hybridized carbons (Fsp3) is 1.00. The Kier molecular flexibility index (Phi) is 6.65. The van der Waals surface area contributed by atoms with Crippen LogP contribution in [0.3, 0.4) is 0 Å². The van der Waals surface area contributed by atoms with Gasteiger partial charge in [0.25, 0.3) is 0 Å². The molecule has 0 aliphatic heterocycles. The predicted molar refractivity (Wildman–Crippen MR) is 63.9 cm³/mol. The standard InChI is InChI=1S/C11H23NOS/c1-12-10-6-4-2-3-5-7-11(10)14-9-8-13/h10-13H,2-9H2,1H3. The molecule has 3 heteroatoms.